The van der Waals surface area contributed by atoms with Crippen LogP contribution in [0.5, 0.6) is 5.75 Å². The molecule has 1 fully saturated rings. The highest BCUT2D eigenvalue weighted by molar-refractivity contribution is 6.10. The Morgan fingerprint density at radius 2 is 1.56 bits per heavy atom. The van der Waals surface area contributed by atoms with Crippen LogP contribution >= 0.6 is 0 Å². The fraction of sp³-hybridized carbons (Fsp3) is 0.160. The van der Waals surface area contributed by atoms with Gasteiger partial charge in [0, 0.05) is 5.69 Å². The number of carbonyl (C=O) groups is 3. The molecule has 1 aliphatic rings. The molecule has 0 saturated carbocycles. The van der Waals surface area contributed by atoms with Gasteiger partial charge >= 0.3 is 6.03 Å². The van der Waals surface area contributed by atoms with Gasteiger partial charge in [0.1, 0.15) is 24.4 Å². The van der Waals surface area contributed by atoms with Crippen LogP contribution in [0.1, 0.15) is 18.1 Å². The molecule has 162 valence electrons. The van der Waals surface area contributed by atoms with Crippen LogP contribution in [0, 0.1) is 0 Å². The molecule has 2 N–H and O–H groups in total. The van der Waals surface area contributed by atoms with Gasteiger partial charge in [0.05, 0.1) is 0 Å². The summed E-state index contributed by atoms with van der Waals surface area (Å²) < 4.78 is 5.73. The molecule has 7 nitrogen and oxygen atoms in total. The molecule has 1 aliphatic heterocycles. The number of carbonyl (C=O) groups excluding carboxylic acids is 3. The number of nitrogens with zero attached hydrogens (tertiary/aromatic N) is 1. The number of amides is 4. The van der Waals surface area contributed by atoms with E-state index in [0.29, 0.717) is 23.6 Å². The Morgan fingerprint density at radius 1 is 0.938 bits per heavy atom. The number of urea groups is 1. The summed E-state index contributed by atoms with van der Waals surface area (Å²) in [6.45, 7) is 1.70. The van der Waals surface area contributed by atoms with E-state index in [0.717, 1.165) is 10.5 Å². The standard InChI is InChI=1S/C25H23N3O4/c1-25(19-10-6-3-7-11-19)23(30)28(24(31)27-25)16-22(29)26-20-12-14-21(15-13-20)32-17-18-8-4-2-5-9-18/h2-15H,16-17H2,1H3,(H,26,29)(H,27,31)/t25-/m1/s1. The van der Waals surface area contributed by atoms with Crippen molar-refractivity contribution in [1.82, 2.24) is 10.2 Å². The molecule has 4 rings (SSSR count). The fourth-order valence-corrected chi connectivity index (χ4v) is 3.53. The number of ether oxygens (including phenoxy) is 1. The summed E-state index contributed by atoms with van der Waals surface area (Å²) in [4.78, 5) is 38.7. The Hall–Kier alpha value is -4.13. The fourth-order valence-electron chi connectivity index (χ4n) is 3.53. The number of benzene rings is 3. The lowest BCUT2D eigenvalue weighted by Gasteiger charge is -2.22. The van der Waals surface area contributed by atoms with E-state index in [9.17, 15) is 14.4 Å². The maximum Gasteiger partial charge on any atom is 0.325 e. The second-order valence-electron chi connectivity index (χ2n) is 7.66. The number of anilines is 1. The molecule has 1 heterocycles. The quantitative estimate of drug-likeness (QED) is 0.561. The first-order valence-electron chi connectivity index (χ1n) is 10.2. The van der Waals surface area contributed by atoms with Crippen molar-refractivity contribution in [3.05, 3.63) is 96.1 Å². The summed E-state index contributed by atoms with van der Waals surface area (Å²) in [6, 6.07) is 25.1. The third kappa shape index (κ3) is 4.46. The molecule has 0 spiro atoms. The van der Waals surface area contributed by atoms with Crippen molar-refractivity contribution in [3.63, 3.8) is 0 Å². The summed E-state index contributed by atoms with van der Waals surface area (Å²) in [7, 11) is 0. The van der Waals surface area contributed by atoms with Gasteiger partial charge in [-0.2, -0.15) is 0 Å². The molecule has 0 aromatic heterocycles. The lowest BCUT2D eigenvalue weighted by atomic mass is 9.92. The van der Waals surface area contributed by atoms with Crippen LogP contribution in [0.2, 0.25) is 0 Å². The molecule has 3 aromatic carbocycles. The van der Waals surface area contributed by atoms with Crippen LogP contribution in [0.3, 0.4) is 0 Å². The number of hydrogen-bond donors (Lipinski definition) is 2. The maximum atomic E-state index is 12.9. The Labute approximate surface area is 186 Å². The first kappa shape index (κ1) is 21.1. The molecule has 0 radical (unpaired) electrons. The van der Waals surface area contributed by atoms with Crippen molar-refractivity contribution in [1.29, 1.82) is 0 Å². The summed E-state index contributed by atoms with van der Waals surface area (Å²) >= 11 is 0. The maximum absolute atomic E-state index is 12.9. The van der Waals surface area contributed by atoms with Crippen molar-refractivity contribution in [3.8, 4) is 5.75 Å². The lowest BCUT2D eigenvalue weighted by molar-refractivity contribution is -0.133. The zero-order valence-electron chi connectivity index (χ0n) is 17.6. The average Bonchev–Trinajstić information content (AvgIpc) is 3.04. The summed E-state index contributed by atoms with van der Waals surface area (Å²) in [5, 5.41) is 5.40. The molecule has 0 aliphatic carbocycles. The van der Waals surface area contributed by atoms with Crippen molar-refractivity contribution in [2.24, 2.45) is 0 Å². The van der Waals surface area contributed by atoms with Crippen molar-refractivity contribution in [2.45, 2.75) is 19.1 Å². The molecular formula is C25H23N3O4. The first-order valence-corrected chi connectivity index (χ1v) is 10.2. The normalized spacial score (nSPS) is 17.7. The highest BCUT2D eigenvalue weighted by Crippen LogP contribution is 2.28. The molecule has 1 atom stereocenters. The minimum atomic E-state index is -1.20. The van der Waals surface area contributed by atoms with Crippen molar-refractivity contribution < 1.29 is 19.1 Å². The van der Waals surface area contributed by atoms with E-state index in [2.05, 4.69) is 10.6 Å². The van der Waals surface area contributed by atoms with E-state index in [4.69, 9.17) is 4.74 Å². The minimum absolute atomic E-state index is 0.376. The number of imide groups is 1. The van der Waals surface area contributed by atoms with Gasteiger partial charge in [0.15, 0.2) is 0 Å². The topological polar surface area (TPSA) is 87.7 Å². The zero-order valence-corrected chi connectivity index (χ0v) is 17.6. The van der Waals surface area contributed by atoms with Crippen LogP contribution in [-0.4, -0.2) is 29.3 Å². The molecular weight excluding hydrogens is 406 g/mol. The van der Waals surface area contributed by atoms with E-state index in [1.807, 2.05) is 36.4 Å². The molecule has 4 amide bonds. The molecule has 1 saturated heterocycles. The van der Waals surface area contributed by atoms with Crippen LogP contribution < -0.4 is 15.4 Å². The SMILES string of the molecule is C[C@]1(c2ccccc2)NC(=O)N(CC(=O)Nc2ccc(OCc3ccccc3)cc2)C1=O. The van der Waals surface area contributed by atoms with Gasteiger partial charge in [-0.25, -0.2) is 4.79 Å². The van der Waals surface area contributed by atoms with E-state index < -0.39 is 23.4 Å². The van der Waals surface area contributed by atoms with Crippen molar-refractivity contribution >= 4 is 23.5 Å². The van der Waals surface area contributed by atoms with Crippen molar-refractivity contribution in [2.75, 3.05) is 11.9 Å². The Bertz CT molecular complexity index is 1120. The molecule has 0 bridgehead atoms. The van der Waals surface area contributed by atoms with Crippen LogP contribution in [0.4, 0.5) is 10.5 Å². The third-order valence-corrected chi connectivity index (χ3v) is 5.31. The monoisotopic (exact) mass is 429 g/mol. The van der Waals surface area contributed by atoms with E-state index in [-0.39, 0.29) is 6.54 Å². The minimum Gasteiger partial charge on any atom is -0.489 e. The molecule has 3 aromatic rings. The van der Waals surface area contributed by atoms with Gasteiger partial charge in [-0.3, -0.25) is 14.5 Å². The van der Waals surface area contributed by atoms with Crippen LogP contribution in [-0.2, 0) is 21.7 Å². The van der Waals surface area contributed by atoms with E-state index in [1.54, 1.807) is 55.5 Å². The number of nitrogens with one attached hydrogen (secondary N) is 2. The highest BCUT2D eigenvalue weighted by Gasteiger charge is 2.49. The van der Waals surface area contributed by atoms with Gasteiger partial charge in [-0.1, -0.05) is 60.7 Å². The number of hydrogen-bond acceptors (Lipinski definition) is 4. The third-order valence-electron chi connectivity index (χ3n) is 5.31. The summed E-state index contributed by atoms with van der Waals surface area (Å²) in [5.41, 5.74) is 1.06. The highest BCUT2D eigenvalue weighted by atomic mass is 16.5. The second kappa shape index (κ2) is 8.93. The van der Waals surface area contributed by atoms with Gasteiger partial charge in [-0.05, 0) is 42.3 Å². The molecule has 7 heteroatoms. The number of rotatable bonds is 7. The second-order valence-corrected chi connectivity index (χ2v) is 7.66. The van der Waals surface area contributed by atoms with Gasteiger partial charge in [-0.15, -0.1) is 0 Å². The Kier molecular flexibility index (Phi) is 5.89. The van der Waals surface area contributed by atoms with Gasteiger partial charge in [0.25, 0.3) is 5.91 Å². The van der Waals surface area contributed by atoms with E-state index in [1.165, 1.54) is 0 Å². The van der Waals surface area contributed by atoms with Gasteiger partial charge in [0.2, 0.25) is 5.91 Å². The average molecular weight is 429 g/mol. The lowest BCUT2D eigenvalue weighted by Crippen LogP contribution is -2.42. The van der Waals surface area contributed by atoms with Crippen LogP contribution in [0.15, 0.2) is 84.9 Å². The zero-order chi connectivity index (χ0) is 22.6. The smallest absolute Gasteiger partial charge is 0.325 e. The Morgan fingerprint density at radius 3 is 2.22 bits per heavy atom. The summed E-state index contributed by atoms with van der Waals surface area (Å²) in [5.74, 6) is -0.267. The Balaban J connectivity index is 1.34. The van der Waals surface area contributed by atoms with Crippen LogP contribution in [0.25, 0.3) is 0 Å². The van der Waals surface area contributed by atoms with Gasteiger partial charge < -0.3 is 15.4 Å². The predicted molar refractivity (Wildman–Crippen MR) is 120 cm³/mol. The predicted octanol–water partition coefficient (Wildman–Crippen LogP) is 3.67. The van der Waals surface area contributed by atoms with E-state index >= 15 is 0 Å². The molecule has 32 heavy (non-hydrogen) atoms. The largest absolute Gasteiger partial charge is 0.489 e. The molecule has 0 unspecified atom stereocenters. The summed E-state index contributed by atoms with van der Waals surface area (Å²) in [6.07, 6.45) is 0. The first-order chi connectivity index (χ1) is 15.5.